The van der Waals surface area contributed by atoms with Crippen LogP contribution >= 0.6 is 0 Å². The van der Waals surface area contributed by atoms with Crippen molar-refractivity contribution in [1.29, 1.82) is 0 Å². The zero-order valence-electron chi connectivity index (χ0n) is 12.4. The van der Waals surface area contributed by atoms with E-state index < -0.39 is 0 Å². The molecule has 1 atom stereocenters. The van der Waals surface area contributed by atoms with Crippen molar-refractivity contribution >= 4 is 0 Å². The fourth-order valence-corrected chi connectivity index (χ4v) is 1.96. The van der Waals surface area contributed by atoms with Crippen LogP contribution in [0.3, 0.4) is 0 Å². The number of hydrogen-bond donors (Lipinski definition) is 1. The molecule has 1 heterocycles. The monoisotopic (exact) mass is 253 g/mol. The third-order valence-electron chi connectivity index (χ3n) is 2.83. The smallest absolute Gasteiger partial charge is 0.0729 e. The second-order valence-corrected chi connectivity index (χ2v) is 4.92. The van der Waals surface area contributed by atoms with Gasteiger partial charge in [0.05, 0.1) is 30.1 Å². The Kier molecular flexibility index (Phi) is 6.36. The number of nitrogens with one attached hydrogen (secondary N) is 1. The summed E-state index contributed by atoms with van der Waals surface area (Å²) in [5.41, 5.74) is 2.30. The Bertz CT molecular complexity index is 347. The average Bonchev–Trinajstić information content (AvgIpc) is 2.70. The number of ether oxygens (including phenoxy) is 1. The van der Waals surface area contributed by atoms with Crippen LogP contribution in [0.25, 0.3) is 0 Å². The first-order valence-electron chi connectivity index (χ1n) is 6.97. The predicted molar refractivity (Wildman–Crippen MR) is 74.8 cm³/mol. The van der Waals surface area contributed by atoms with Gasteiger partial charge in [-0.3, -0.25) is 4.68 Å². The molecule has 0 saturated heterocycles. The van der Waals surface area contributed by atoms with E-state index in [0.717, 1.165) is 25.2 Å². The Morgan fingerprint density at radius 2 is 2.11 bits per heavy atom. The zero-order chi connectivity index (χ0) is 13.5. The molecule has 104 valence electrons. The number of hydrogen-bond acceptors (Lipinski definition) is 3. The number of aryl methyl sites for hydroxylation is 2. The highest BCUT2D eigenvalue weighted by Gasteiger charge is 2.17. The highest BCUT2D eigenvalue weighted by molar-refractivity contribution is 5.13. The molecule has 1 aromatic heterocycles. The first-order valence-corrected chi connectivity index (χ1v) is 6.97. The van der Waals surface area contributed by atoms with Gasteiger partial charge >= 0.3 is 0 Å². The second-order valence-electron chi connectivity index (χ2n) is 4.92. The first kappa shape index (κ1) is 15.2. The Labute approximate surface area is 111 Å². The molecule has 18 heavy (non-hydrogen) atoms. The zero-order valence-corrected chi connectivity index (χ0v) is 12.4. The van der Waals surface area contributed by atoms with Gasteiger partial charge in [-0.1, -0.05) is 6.92 Å². The van der Waals surface area contributed by atoms with Gasteiger partial charge in [-0.15, -0.1) is 0 Å². The summed E-state index contributed by atoms with van der Waals surface area (Å²) >= 11 is 0. The average molecular weight is 253 g/mol. The van der Waals surface area contributed by atoms with Crippen molar-refractivity contribution < 1.29 is 4.74 Å². The van der Waals surface area contributed by atoms with E-state index in [1.165, 1.54) is 5.69 Å². The minimum absolute atomic E-state index is 0.230. The lowest BCUT2D eigenvalue weighted by Crippen LogP contribution is -2.29. The molecule has 0 fully saturated rings. The van der Waals surface area contributed by atoms with E-state index in [1.807, 2.05) is 6.92 Å². The van der Waals surface area contributed by atoms with E-state index in [9.17, 15) is 0 Å². The summed E-state index contributed by atoms with van der Waals surface area (Å²) in [7, 11) is 0. The second kappa shape index (κ2) is 7.54. The summed E-state index contributed by atoms with van der Waals surface area (Å²) in [6.45, 7) is 13.1. The van der Waals surface area contributed by atoms with Crippen LogP contribution in [0, 0.1) is 6.92 Å². The van der Waals surface area contributed by atoms with Crippen molar-refractivity contribution in [1.82, 2.24) is 15.1 Å². The van der Waals surface area contributed by atoms with Gasteiger partial charge in [0.25, 0.3) is 0 Å². The first-order chi connectivity index (χ1) is 8.58. The standard InChI is InChI=1S/C14H27N3O/c1-6-8-15-13(10-18-11(3)4)14-9-12(5)16-17(14)7-2/h9,11,13,15H,6-8,10H2,1-5H3. The molecule has 0 bridgehead atoms. The van der Waals surface area contributed by atoms with E-state index in [4.69, 9.17) is 4.74 Å². The largest absolute Gasteiger partial charge is 0.377 e. The van der Waals surface area contributed by atoms with Gasteiger partial charge in [0.2, 0.25) is 0 Å². The van der Waals surface area contributed by atoms with Crippen LogP contribution in [0.15, 0.2) is 6.07 Å². The normalized spacial score (nSPS) is 13.2. The van der Waals surface area contributed by atoms with E-state index in [2.05, 4.69) is 48.9 Å². The number of aromatic nitrogens is 2. The van der Waals surface area contributed by atoms with Crippen molar-refractivity contribution in [3.63, 3.8) is 0 Å². The predicted octanol–water partition coefficient (Wildman–Crippen LogP) is 2.68. The third kappa shape index (κ3) is 4.42. The molecule has 0 spiro atoms. The molecular weight excluding hydrogens is 226 g/mol. The Morgan fingerprint density at radius 1 is 1.39 bits per heavy atom. The van der Waals surface area contributed by atoms with Gasteiger partial charge in [-0.05, 0) is 46.7 Å². The summed E-state index contributed by atoms with van der Waals surface area (Å²) < 4.78 is 7.82. The van der Waals surface area contributed by atoms with Gasteiger partial charge in [-0.2, -0.15) is 5.10 Å². The van der Waals surface area contributed by atoms with Gasteiger partial charge in [0.15, 0.2) is 0 Å². The Balaban J connectivity index is 2.78. The molecule has 0 aliphatic rings. The minimum Gasteiger partial charge on any atom is -0.377 e. The molecule has 4 nitrogen and oxygen atoms in total. The van der Waals surface area contributed by atoms with Crippen LogP contribution in [0.5, 0.6) is 0 Å². The molecule has 4 heteroatoms. The molecule has 0 aliphatic heterocycles. The maximum absolute atomic E-state index is 5.76. The topological polar surface area (TPSA) is 39.1 Å². The molecule has 1 N–H and O–H groups in total. The van der Waals surface area contributed by atoms with Crippen molar-refractivity contribution in [3.8, 4) is 0 Å². The van der Waals surface area contributed by atoms with E-state index in [-0.39, 0.29) is 12.1 Å². The van der Waals surface area contributed by atoms with Crippen LogP contribution < -0.4 is 5.32 Å². The van der Waals surface area contributed by atoms with E-state index in [1.54, 1.807) is 0 Å². The maximum Gasteiger partial charge on any atom is 0.0729 e. The molecule has 0 amide bonds. The quantitative estimate of drug-likeness (QED) is 0.774. The molecule has 0 aliphatic carbocycles. The van der Waals surface area contributed by atoms with Crippen molar-refractivity contribution in [2.75, 3.05) is 13.2 Å². The highest BCUT2D eigenvalue weighted by atomic mass is 16.5. The fourth-order valence-electron chi connectivity index (χ4n) is 1.96. The van der Waals surface area contributed by atoms with Gasteiger partial charge < -0.3 is 10.1 Å². The lowest BCUT2D eigenvalue weighted by Gasteiger charge is -2.21. The number of rotatable bonds is 8. The molecule has 0 saturated carbocycles. The Hall–Kier alpha value is -0.870. The summed E-state index contributed by atoms with van der Waals surface area (Å²) in [6.07, 6.45) is 1.38. The van der Waals surface area contributed by atoms with Gasteiger partial charge in [-0.25, -0.2) is 0 Å². The summed E-state index contributed by atoms with van der Waals surface area (Å²) in [5.74, 6) is 0. The van der Waals surface area contributed by atoms with Crippen molar-refractivity contribution in [2.24, 2.45) is 0 Å². The molecule has 0 aromatic carbocycles. The van der Waals surface area contributed by atoms with Crippen LogP contribution in [0.2, 0.25) is 0 Å². The Morgan fingerprint density at radius 3 is 2.67 bits per heavy atom. The van der Waals surface area contributed by atoms with E-state index >= 15 is 0 Å². The SMILES string of the molecule is CCCNC(COC(C)C)c1cc(C)nn1CC. The summed E-state index contributed by atoms with van der Waals surface area (Å²) in [4.78, 5) is 0. The third-order valence-corrected chi connectivity index (χ3v) is 2.83. The lowest BCUT2D eigenvalue weighted by molar-refractivity contribution is 0.0594. The maximum atomic E-state index is 5.76. The van der Waals surface area contributed by atoms with Crippen LogP contribution in [-0.2, 0) is 11.3 Å². The summed E-state index contributed by atoms with van der Waals surface area (Å²) in [5, 5.41) is 8.05. The lowest BCUT2D eigenvalue weighted by atomic mass is 10.2. The molecule has 0 radical (unpaired) electrons. The van der Waals surface area contributed by atoms with Crippen molar-refractivity contribution in [3.05, 3.63) is 17.5 Å². The van der Waals surface area contributed by atoms with Crippen molar-refractivity contribution in [2.45, 2.75) is 59.7 Å². The molecule has 1 unspecified atom stereocenters. The number of nitrogens with zero attached hydrogens (tertiary/aromatic N) is 2. The van der Waals surface area contributed by atoms with Crippen LogP contribution in [0.4, 0.5) is 0 Å². The van der Waals surface area contributed by atoms with Gasteiger partial charge in [0.1, 0.15) is 0 Å². The van der Waals surface area contributed by atoms with E-state index in [0.29, 0.717) is 6.61 Å². The van der Waals surface area contributed by atoms with Gasteiger partial charge in [0, 0.05) is 6.54 Å². The molecular formula is C14H27N3O. The minimum atomic E-state index is 0.230. The molecule has 1 rings (SSSR count). The molecule has 1 aromatic rings. The van der Waals surface area contributed by atoms with Crippen LogP contribution in [-0.4, -0.2) is 29.0 Å². The highest BCUT2D eigenvalue weighted by Crippen LogP contribution is 2.16. The van der Waals surface area contributed by atoms with Crippen LogP contribution in [0.1, 0.15) is 51.5 Å². The summed E-state index contributed by atoms with van der Waals surface area (Å²) in [6, 6.07) is 2.38. The fraction of sp³-hybridized carbons (Fsp3) is 0.786.